The maximum atomic E-state index is 13.1. The summed E-state index contributed by atoms with van der Waals surface area (Å²) < 4.78 is 5.05. The Labute approximate surface area is 177 Å². The summed E-state index contributed by atoms with van der Waals surface area (Å²) in [6, 6.07) is 3.65. The molecular weight excluding hydrogens is 413 g/mol. The number of carbonyl (C=O) groups excluding carboxylic acids is 1. The van der Waals surface area contributed by atoms with Crippen molar-refractivity contribution in [2.75, 3.05) is 13.7 Å². The first-order valence-electron chi connectivity index (χ1n) is 9.01. The Morgan fingerprint density at radius 2 is 2.14 bits per heavy atom. The average Bonchev–Trinajstić information content (AvgIpc) is 3.13. The van der Waals surface area contributed by atoms with E-state index in [-0.39, 0.29) is 24.2 Å². The second-order valence-corrected chi connectivity index (χ2v) is 7.59. The van der Waals surface area contributed by atoms with Crippen LogP contribution < -0.4 is 4.74 Å². The number of halogens is 2. The second-order valence-electron chi connectivity index (χ2n) is 6.80. The number of rotatable bonds is 3. The Kier molecular flexibility index (Phi) is 5.07. The van der Waals surface area contributed by atoms with Crippen LogP contribution in [0, 0.1) is 11.3 Å². The van der Waals surface area contributed by atoms with Crippen molar-refractivity contribution in [1.82, 2.24) is 19.9 Å². The van der Waals surface area contributed by atoms with Crippen LogP contribution in [0.1, 0.15) is 40.4 Å². The first-order chi connectivity index (χ1) is 14.0. The molecule has 1 aliphatic rings. The molecule has 3 aromatic rings. The van der Waals surface area contributed by atoms with E-state index in [1.807, 2.05) is 6.92 Å². The molecule has 0 saturated heterocycles. The summed E-state index contributed by atoms with van der Waals surface area (Å²) in [5.74, 6) is 0.334. The number of aromatic amines is 1. The molecule has 3 heterocycles. The minimum atomic E-state index is -0.262. The molecule has 0 fully saturated rings. The van der Waals surface area contributed by atoms with Crippen LogP contribution in [-0.2, 0) is 12.8 Å². The van der Waals surface area contributed by atoms with Crippen LogP contribution in [0.2, 0.25) is 10.0 Å². The molecule has 7 nitrogen and oxygen atoms in total. The highest BCUT2D eigenvalue weighted by Crippen LogP contribution is 2.42. The lowest BCUT2D eigenvalue weighted by Crippen LogP contribution is -2.39. The molecule has 148 valence electrons. The number of amides is 1. The third-order valence-corrected chi connectivity index (χ3v) is 6.03. The highest BCUT2D eigenvalue weighted by Gasteiger charge is 2.33. The summed E-state index contributed by atoms with van der Waals surface area (Å²) in [5, 5.41) is 10.9. The normalized spacial score (nSPS) is 15.8. The van der Waals surface area contributed by atoms with Crippen molar-refractivity contribution >= 4 is 40.0 Å². The first-order valence-corrected chi connectivity index (χ1v) is 9.77. The van der Waals surface area contributed by atoms with Gasteiger partial charge in [-0.2, -0.15) is 5.26 Å². The number of hydrogen-bond donors (Lipinski definition) is 1. The van der Waals surface area contributed by atoms with Gasteiger partial charge in [-0.05, 0) is 18.6 Å². The van der Waals surface area contributed by atoms with Gasteiger partial charge in [-0.3, -0.25) is 4.79 Å². The number of carbonyl (C=O) groups is 1. The van der Waals surface area contributed by atoms with E-state index in [4.69, 9.17) is 27.9 Å². The zero-order valence-electron chi connectivity index (χ0n) is 15.8. The minimum absolute atomic E-state index is 0.110. The van der Waals surface area contributed by atoms with Crippen molar-refractivity contribution < 1.29 is 9.53 Å². The van der Waals surface area contributed by atoms with Crippen LogP contribution in [0.3, 0.4) is 0 Å². The number of nitrogens with one attached hydrogen (secondary N) is 1. The van der Waals surface area contributed by atoms with Gasteiger partial charge in [-0.25, -0.2) is 9.97 Å². The fourth-order valence-corrected chi connectivity index (χ4v) is 4.30. The number of fused-ring (bicyclic) bond motifs is 3. The summed E-state index contributed by atoms with van der Waals surface area (Å²) in [6.45, 7) is 2.46. The van der Waals surface area contributed by atoms with Gasteiger partial charge < -0.3 is 14.6 Å². The van der Waals surface area contributed by atoms with Crippen LogP contribution >= 0.6 is 23.2 Å². The van der Waals surface area contributed by atoms with Gasteiger partial charge >= 0.3 is 0 Å². The SMILES string of the molecule is COc1cnc(C(=O)N2CCc3[nH]c4c(Cl)c(Cl)cc(CC#N)c4c3[C@@H]2C)nc1. The van der Waals surface area contributed by atoms with Crippen molar-refractivity contribution in [3.8, 4) is 11.8 Å². The number of aromatic nitrogens is 3. The molecule has 1 amide bonds. The summed E-state index contributed by atoms with van der Waals surface area (Å²) in [5.41, 5.74) is 3.44. The highest BCUT2D eigenvalue weighted by molar-refractivity contribution is 6.45. The van der Waals surface area contributed by atoms with Crippen molar-refractivity contribution in [3.05, 3.63) is 51.2 Å². The maximum absolute atomic E-state index is 13.1. The van der Waals surface area contributed by atoms with E-state index >= 15 is 0 Å². The van der Waals surface area contributed by atoms with Gasteiger partial charge in [-0.1, -0.05) is 23.2 Å². The molecule has 1 N–H and O–H groups in total. The largest absolute Gasteiger partial charge is 0.494 e. The number of H-pyrrole nitrogens is 1. The number of nitriles is 1. The van der Waals surface area contributed by atoms with Crippen LogP contribution in [0.25, 0.3) is 10.9 Å². The zero-order valence-corrected chi connectivity index (χ0v) is 17.3. The standard InChI is InChI=1S/C20H17Cl2N5O2/c1-10-15-14(26-18-16(15)11(3-5-23)7-13(21)17(18)22)4-6-27(10)20(28)19-24-8-12(29-2)9-25-19/h7-10,26H,3-4,6H2,1-2H3/t10-/m0/s1. The topological polar surface area (TPSA) is 94.9 Å². The van der Waals surface area contributed by atoms with E-state index in [0.717, 1.165) is 22.2 Å². The first kappa shape index (κ1) is 19.5. The highest BCUT2D eigenvalue weighted by atomic mass is 35.5. The fourth-order valence-electron chi connectivity index (χ4n) is 3.87. The van der Waals surface area contributed by atoms with Gasteiger partial charge in [0.25, 0.3) is 5.91 Å². The van der Waals surface area contributed by atoms with E-state index in [2.05, 4.69) is 21.0 Å². The van der Waals surface area contributed by atoms with E-state index < -0.39 is 0 Å². The van der Waals surface area contributed by atoms with E-state index in [1.165, 1.54) is 19.5 Å². The third-order valence-electron chi connectivity index (χ3n) is 5.25. The number of benzene rings is 1. The van der Waals surface area contributed by atoms with Gasteiger partial charge in [0.15, 0.2) is 5.75 Å². The Hall–Kier alpha value is -2.82. The van der Waals surface area contributed by atoms with Crippen molar-refractivity contribution in [2.45, 2.75) is 25.8 Å². The molecule has 0 saturated carbocycles. The summed E-state index contributed by atoms with van der Waals surface area (Å²) in [4.78, 5) is 26.4. The smallest absolute Gasteiger partial charge is 0.292 e. The number of hydrogen-bond acceptors (Lipinski definition) is 5. The number of nitrogens with zero attached hydrogens (tertiary/aromatic N) is 4. The van der Waals surface area contributed by atoms with Gasteiger partial charge in [0.2, 0.25) is 5.82 Å². The molecule has 0 bridgehead atoms. The Balaban J connectivity index is 1.79. The molecular formula is C20H17Cl2N5O2. The summed E-state index contributed by atoms with van der Waals surface area (Å²) in [7, 11) is 1.52. The molecule has 4 rings (SSSR count). The van der Waals surface area contributed by atoms with Gasteiger partial charge in [-0.15, -0.1) is 0 Å². The van der Waals surface area contributed by atoms with E-state index in [1.54, 1.807) is 11.0 Å². The quantitative estimate of drug-likeness (QED) is 0.675. The Morgan fingerprint density at radius 3 is 2.79 bits per heavy atom. The molecule has 9 heteroatoms. The molecule has 0 unspecified atom stereocenters. The lowest BCUT2D eigenvalue weighted by Gasteiger charge is -2.33. The molecule has 29 heavy (non-hydrogen) atoms. The summed E-state index contributed by atoms with van der Waals surface area (Å²) >= 11 is 12.7. The Morgan fingerprint density at radius 1 is 1.41 bits per heavy atom. The molecule has 1 atom stereocenters. The van der Waals surface area contributed by atoms with Crippen molar-refractivity contribution in [1.29, 1.82) is 5.26 Å². The molecule has 0 radical (unpaired) electrons. The third kappa shape index (κ3) is 3.18. The molecule has 1 aliphatic heterocycles. The van der Waals surface area contributed by atoms with Gasteiger partial charge in [0.1, 0.15) is 0 Å². The fraction of sp³-hybridized carbons (Fsp3) is 0.300. The molecule has 2 aromatic heterocycles. The average molecular weight is 430 g/mol. The lowest BCUT2D eigenvalue weighted by atomic mass is 9.93. The molecule has 0 spiro atoms. The predicted molar refractivity (Wildman–Crippen MR) is 109 cm³/mol. The predicted octanol–water partition coefficient (Wildman–Crippen LogP) is 4.10. The molecule has 1 aromatic carbocycles. The number of methoxy groups -OCH3 is 1. The van der Waals surface area contributed by atoms with Crippen molar-refractivity contribution in [3.63, 3.8) is 0 Å². The van der Waals surface area contributed by atoms with Crippen LogP contribution in [-0.4, -0.2) is 39.4 Å². The van der Waals surface area contributed by atoms with E-state index in [9.17, 15) is 10.1 Å². The van der Waals surface area contributed by atoms with Crippen LogP contribution in [0.15, 0.2) is 18.5 Å². The van der Waals surface area contributed by atoms with Crippen molar-refractivity contribution in [2.24, 2.45) is 0 Å². The van der Waals surface area contributed by atoms with Gasteiger partial charge in [0, 0.05) is 29.6 Å². The number of ether oxygens (including phenoxy) is 1. The second kappa shape index (κ2) is 7.54. The zero-order chi connectivity index (χ0) is 20.7. The monoisotopic (exact) mass is 429 g/mol. The molecule has 0 aliphatic carbocycles. The van der Waals surface area contributed by atoms with Crippen LogP contribution in [0.5, 0.6) is 5.75 Å². The summed E-state index contributed by atoms with van der Waals surface area (Å²) in [6.07, 6.45) is 3.76. The van der Waals surface area contributed by atoms with Crippen LogP contribution in [0.4, 0.5) is 0 Å². The van der Waals surface area contributed by atoms with Gasteiger partial charge in [0.05, 0.1) is 53.6 Å². The minimum Gasteiger partial charge on any atom is -0.494 e. The van der Waals surface area contributed by atoms with E-state index in [0.29, 0.717) is 34.3 Å². The lowest BCUT2D eigenvalue weighted by molar-refractivity contribution is 0.0665. The Bertz CT molecular complexity index is 1150. The maximum Gasteiger partial charge on any atom is 0.292 e.